The SMILES string of the molecule is C.C=C=C=C.CC1C(=O)c2c(ncn(C)c2=O)N(C)C1=O.CCOC(=O)C(C)C(=O)OCC.CNc1cc(=O)[nH]cn1.CNc1cc(=O)n(C)cn1.Cc1c(Nc2ccc(I)cc2F)c2c(=O)n(C)cnc2n(C)c1=O.Cc1ccc(S(=O)(=O)Cl)cc1.Cc1ccc(S(=O)(=O)Oc2c(C)c(=O)n(C)c3ncn(C)c(=O)c23)cc1.Nc1ccc(I)cc1F.[2H][2H].[2H][2H].[B].[B]B([B])[B]. The lowest BCUT2D eigenvalue weighted by Crippen LogP contribution is -2.45. The van der Waals surface area contributed by atoms with Crippen LogP contribution in [-0.2, 0) is 85.3 Å². The first-order valence-corrected chi connectivity index (χ1v) is 42.3. The van der Waals surface area contributed by atoms with Crippen molar-refractivity contribution in [3.63, 3.8) is 0 Å². The monoisotopic (exact) mass is 2030 g/mol. The maximum Gasteiger partial charge on any atom is 0.339 e. The number of Topliss-reactive ketones (excluding diaryl/α,β-unsaturated/α-hetero) is 1. The first-order chi connectivity index (χ1) is 60.4. The van der Waals surface area contributed by atoms with Crippen LogP contribution < -0.4 is 69.7 Å². The number of hydrogen-bond donors (Lipinski definition) is 5. The van der Waals surface area contributed by atoms with E-state index in [9.17, 15) is 78.4 Å². The zero-order valence-electron chi connectivity index (χ0n) is 75.5. The summed E-state index contributed by atoms with van der Waals surface area (Å²) in [4.78, 5) is 152. The summed E-state index contributed by atoms with van der Waals surface area (Å²) in [6, 6.07) is 24.7. The number of halogens is 5. The Labute approximate surface area is 775 Å². The molecule has 1 aliphatic rings. The number of aromatic nitrogens is 12. The van der Waals surface area contributed by atoms with Gasteiger partial charge in [0.1, 0.15) is 44.5 Å². The van der Waals surface area contributed by atoms with Crippen LogP contribution in [0.5, 0.6) is 5.75 Å². The van der Waals surface area contributed by atoms with Gasteiger partial charge in [0.15, 0.2) is 34.6 Å². The van der Waals surface area contributed by atoms with Gasteiger partial charge in [0.05, 0.1) is 78.3 Å². The minimum Gasteiger partial charge on any atom is -0.465 e. The number of ether oxygens (including phenoxy) is 2. The number of nitrogen functional groups attached to an aromatic ring is 1. The molecule has 0 fully saturated rings. The van der Waals surface area contributed by atoms with Crippen molar-refractivity contribution in [2.75, 3.05) is 60.9 Å². The summed E-state index contributed by atoms with van der Waals surface area (Å²) in [6.45, 7) is 20.0. The minimum atomic E-state index is -4.23. The van der Waals surface area contributed by atoms with Crippen molar-refractivity contribution in [3.05, 3.63) is 272 Å². The maximum atomic E-state index is 14.2. The molecule has 0 spiro atoms. The van der Waals surface area contributed by atoms with E-state index < -0.39 is 77.6 Å². The molecule has 0 saturated heterocycles. The van der Waals surface area contributed by atoms with E-state index in [1.807, 2.05) is 59.0 Å². The Morgan fingerprint density at radius 3 is 1.50 bits per heavy atom. The molecule has 1 amide bonds. The van der Waals surface area contributed by atoms with Crippen molar-refractivity contribution in [3.8, 4) is 5.75 Å². The van der Waals surface area contributed by atoms with Gasteiger partial charge in [-0.15, -0.1) is 0 Å². The second kappa shape index (κ2) is 52.8. The number of benzene rings is 4. The average Bonchev–Trinajstić information content (AvgIpc) is 0.761. The van der Waals surface area contributed by atoms with Crippen LogP contribution in [0, 0.1) is 58.3 Å². The number of fused-ring (bicyclic) bond motifs is 3. The largest absolute Gasteiger partial charge is 0.465 e. The van der Waals surface area contributed by atoms with Crippen molar-refractivity contribution in [1.29, 1.82) is 0 Å². The van der Waals surface area contributed by atoms with Gasteiger partial charge in [0, 0.05) is 143 Å². The number of carbonyl (C=O) groups excluding carboxylic acids is 4. The molecule has 8 heterocycles. The first kappa shape index (κ1) is 109. The van der Waals surface area contributed by atoms with Crippen LogP contribution in [-0.4, -0.2) is 170 Å². The fraction of sp³-hybridized carbons (Fsp3) is 0.275. The van der Waals surface area contributed by atoms with Gasteiger partial charge in [-0.1, -0.05) is 54.3 Å². The number of aryl methyl sites for hydroxylation is 8. The molecule has 671 valence electrons. The maximum absolute atomic E-state index is 14.2. The number of pyridine rings is 2. The first-order valence-electron chi connectivity index (χ1n) is 38.4. The Hall–Kier alpha value is -12.1. The molecule has 6 N–H and O–H groups in total. The van der Waals surface area contributed by atoms with Crippen LogP contribution in [0.3, 0.4) is 0 Å². The molecule has 0 aliphatic carbocycles. The summed E-state index contributed by atoms with van der Waals surface area (Å²) in [7, 11) is 25.5. The van der Waals surface area contributed by atoms with Crippen LogP contribution in [0.4, 0.5) is 43.3 Å². The number of H-pyrrole nitrogens is 1. The smallest absolute Gasteiger partial charge is 0.339 e. The van der Waals surface area contributed by atoms with Crippen LogP contribution in [0.15, 0.2) is 197 Å². The highest BCUT2D eigenvalue weighted by Gasteiger charge is 2.38. The third kappa shape index (κ3) is 33.0. The minimum absolute atomic E-state index is 0. The predicted molar refractivity (Wildman–Crippen MR) is 513 cm³/mol. The lowest BCUT2D eigenvalue weighted by molar-refractivity contribution is -0.160. The van der Waals surface area contributed by atoms with Gasteiger partial charge in [-0.05, 0) is 174 Å². The van der Waals surface area contributed by atoms with E-state index >= 15 is 0 Å². The van der Waals surface area contributed by atoms with Gasteiger partial charge in [-0.3, -0.25) is 66.8 Å². The van der Waals surface area contributed by atoms with E-state index in [1.165, 1.54) is 161 Å². The fourth-order valence-electron chi connectivity index (χ4n) is 9.77. The number of ketones is 1. The Bertz CT molecular complexity index is 6500. The van der Waals surface area contributed by atoms with Gasteiger partial charge in [0.2, 0.25) is 5.91 Å². The summed E-state index contributed by atoms with van der Waals surface area (Å²) in [5.41, 5.74) is 10.8. The topological polar surface area (TPSA) is 459 Å². The standard InChI is InChI=1S/C17H17N3O5S.C16H14FIN4O2.C10H11N3O3.C8H14O4.C7H7ClO2S.C6H5FIN.C6H9N3O.C5H7N3O.C4H4.CH4.B4.B.2H2/c1-10-5-7-12(8-6-10)26(23,24)25-14-11(2)16(21)20(4)15-13(14)17(22)19(3)9-18-15;1-8-13(20-11-5-4-9(18)6-10(11)17)12-14(22(3)15(8)23)19-7-21(2)16(12)24;1-5-7(14)6-8(13(3)9(5)15)11-4-12(2)10(6)16;1-4-11-7(9)6(3)8(10)12-5-2;1-6-2-4-7(5-3-6)11(8,9)10;7-5-3-4(8)1-2-6(5)9;1-7-5-3-6(10)9(2)4-8-5;1-6-4-2-5(9)8-3-7-4;1-3-4-2;;1-4(2)3;;;/h5-9H,1-4H3;4-7,20H,1-3H3;4-5H,1-3H3;6H,4-5H2,1-3H3;2-5H,1H3;1-3H,9H2;3-4,7H,1-2H3;2-3H,1H3,(H2,6,7,8,9);1-2H2;1H4;;;2*1H/i;;;;;;;;;;;;2*1+1D. The van der Waals surface area contributed by atoms with Crippen molar-refractivity contribution >= 4 is 193 Å². The number of esters is 2. The summed E-state index contributed by atoms with van der Waals surface area (Å²) < 4.78 is 117. The molecule has 4 aromatic carbocycles. The molecular formula is C80H96B5ClF2I2N17O18S2. The molecule has 1 atom stereocenters. The molecule has 0 bridgehead atoms. The van der Waals surface area contributed by atoms with E-state index in [2.05, 4.69) is 103 Å². The van der Waals surface area contributed by atoms with Gasteiger partial charge >= 0.3 is 22.1 Å². The summed E-state index contributed by atoms with van der Waals surface area (Å²) in [5, 5.41) is 8.59. The molecule has 127 heavy (non-hydrogen) atoms. The van der Waals surface area contributed by atoms with E-state index in [1.54, 1.807) is 105 Å². The van der Waals surface area contributed by atoms with E-state index in [0.717, 1.165) is 18.3 Å². The zero-order valence-corrected chi connectivity index (χ0v) is 78.2. The Morgan fingerprint density at radius 1 is 0.638 bits per heavy atom. The van der Waals surface area contributed by atoms with E-state index in [0.29, 0.717) is 17.2 Å². The summed E-state index contributed by atoms with van der Waals surface area (Å²) >= 11 is 4.04. The van der Waals surface area contributed by atoms with Crippen LogP contribution >= 0.6 is 55.9 Å². The van der Waals surface area contributed by atoms with Gasteiger partial charge in [-0.25, -0.2) is 42.1 Å². The molecular weight excluding hydrogens is 1930 g/mol. The second-order valence-electron chi connectivity index (χ2n) is 25.9. The number of rotatable bonds is 12. The van der Waals surface area contributed by atoms with E-state index in [4.69, 9.17) is 26.5 Å². The third-order valence-corrected chi connectivity index (χ3v) is 20.5. The fourth-order valence-corrected chi connectivity index (χ4v) is 12.4. The number of hydrogen-bond acceptors (Lipinski definition) is 27. The Balaban J connectivity index is 0. The second-order valence-corrected chi connectivity index (χ2v) is 32.5. The molecule has 12 rings (SSSR count). The molecule has 47 heteroatoms. The highest BCUT2D eigenvalue weighted by Crippen LogP contribution is 2.30. The van der Waals surface area contributed by atoms with Gasteiger partial charge in [-0.2, -0.15) is 8.42 Å². The molecule has 0 saturated carbocycles. The zero-order chi connectivity index (χ0) is 99.0. The molecule has 1 unspecified atom stereocenters. The quantitative estimate of drug-likeness (QED) is 0.0114. The number of nitrogens with one attached hydrogen (secondary N) is 4. The van der Waals surface area contributed by atoms with Crippen molar-refractivity contribution in [2.45, 2.75) is 72.6 Å². The summed E-state index contributed by atoms with van der Waals surface area (Å²) in [5.74, 6) is -3.25. The number of amides is 1. The van der Waals surface area contributed by atoms with Crippen molar-refractivity contribution in [2.24, 2.45) is 54.1 Å². The molecule has 9 radical (unpaired) electrons. The van der Waals surface area contributed by atoms with Crippen molar-refractivity contribution in [1.82, 2.24) is 57.3 Å². The van der Waals surface area contributed by atoms with Crippen LogP contribution in [0.2, 0.25) is 0 Å². The predicted octanol–water partition coefficient (Wildman–Crippen LogP) is 7.67. The van der Waals surface area contributed by atoms with Crippen molar-refractivity contribution < 1.29 is 64.4 Å². The lowest BCUT2D eigenvalue weighted by atomic mass is 9.08. The van der Waals surface area contributed by atoms with Crippen LogP contribution in [0.1, 0.15) is 73.7 Å². The Kier molecular flexibility index (Phi) is 45.3. The summed E-state index contributed by atoms with van der Waals surface area (Å²) in [6.07, 6.45) is 6.09. The van der Waals surface area contributed by atoms with Crippen LogP contribution in [0.25, 0.3) is 22.1 Å². The Morgan fingerprint density at radius 2 is 1.07 bits per heavy atom. The molecule has 7 aromatic heterocycles. The van der Waals surface area contributed by atoms with Gasteiger partial charge in [0.25, 0.3) is 48.0 Å². The lowest BCUT2D eigenvalue weighted by Gasteiger charge is -2.26. The normalized spacial score (nSPS) is 11.4. The third-order valence-electron chi connectivity index (χ3n) is 16.6. The number of anilines is 6. The molecule has 35 nitrogen and oxygen atoms in total. The highest BCUT2D eigenvalue weighted by molar-refractivity contribution is 14.1. The number of aromatic amines is 1. The molecule has 11 aromatic rings. The number of carbonyl (C=O) groups is 4. The van der Waals surface area contributed by atoms with Gasteiger partial charge < -0.3 is 58.6 Å². The highest BCUT2D eigenvalue weighted by atomic mass is 127. The average molecular weight is 2030 g/mol. The number of nitrogens with zero attached hydrogens (tertiary/aromatic N) is 12. The number of nitrogens with two attached hydrogens (primary N) is 1. The van der Waals surface area contributed by atoms with E-state index in [-0.39, 0.29) is 135 Å². The molecule has 1 aliphatic heterocycles.